The minimum absolute atomic E-state index is 0.0238. The Labute approximate surface area is 119 Å². The molecule has 1 aliphatic carbocycles. The Hall–Kier alpha value is -0.800. The van der Waals surface area contributed by atoms with Crippen molar-refractivity contribution in [2.24, 2.45) is 0 Å². The Kier molecular flexibility index (Phi) is 3.80. The lowest BCUT2D eigenvalue weighted by Crippen LogP contribution is -2.17. The van der Waals surface area contributed by atoms with Crippen LogP contribution in [0.25, 0.3) is 0 Å². The van der Waals surface area contributed by atoms with Crippen LogP contribution < -0.4 is 5.32 Å². The van der Waals surface area contributed by atoms with Crippen LogP contribution in [0, 0.1) is 10.1 Å². The molecule has 1 N–H and O–H groups in total. The van der Waals surface area contributed by atoms with Gasteiger partial charge in [-0.25, -0.2) is 8.42 Å². The Morgan fingerprint density at radius 1 is 1.58 bits per heavy atom. The van der Waals surface area contributed by atoms with Crippen molar-refractivity contribution in [2.45, 2.75) is 21.8 Å². The van der Waals surface area contributed by atoms with Gasteiger partial charge in [0.25, 0.3) is 0 Å². The summed E-state index contributed by atoms with van der Waals surface area (Å²) < 4.78 is 23.1. The number of thiophene rings is 1. The van der Waals surface area contributed by atoms with E-state index < -0.39 is 14.8 Å². The number of rotatable bonds is 6. The second kappa shape index (κ2) is 4.95. The largest absolute Gasteiger partial charge is 0.370 e. The number of nitrogens with one attached hydrogen (secondary N) is 1. The number of thioether (sulfide) groups is 1. The molecule has 0 unspecified atom stereocenters. The van der Waals surface area contributed by atoms with Gasteiger partial charge in [0, 0.05) is 23.6 Å². The summed E-state index contributed by atoms with van der Waals surface area (Å²) in [6, 6.07) is 1.13. The molecule has 0 bridgehead atoms. The van der Waals surface area contributed by atoms with Gasteiger partial charge in [-0.05, 0) is 19.1 Å². The fourth-order valence-electron chi connectivity index (χ4n) is 1.64. The Morgan fingerprint density at radius 2 is 2.21 bits per heavy atom. The molecular weight excluding hydrogens is 308 g/mol. The highest BCUT2D eigenvalue weighted by molar-refractivity contribution is 8.00. The Morgan fingerprint density at radius 3 is 2.63 bits per heavy atom. The molecule has 2 rings (SSSR count). The Balaban J connectivity index is 2.23. The molecule has 9 heteroatoms. The third-order valence-electron chi connectivity index (χ3n) is 3.06. The van der Waals surface area contributed by atoms with Gasteiger partial charge in [0.05, 0.1) is 4.92 Å². The first kappa shape index (κ1) is 14.6. The van der Waals surface area contributed by atoms with Crippen molar-refractivity contribution in [3.05, 3.63) is 16.2 Å². The molecule has 0 atom stereocenters. The van der Waals surface area contributed by atoms with Gasteiger partial charge in [0.1, 0.15) is 4.21 Å². The van der Waals surface area contributed by atoms with E-state index in [0.29, 0.717) is 11.5 Å². The van der Waals surface area contributed by atoms with E-state index in [1.54, 1.807) is 11.8 Å². The molecule has 1 heterocycles. The Bertz CT molecular complexity index is 604. The molecule has 0 aliphatic heterocycles. The van der Waals surface area contributed by atoms with Gasteiger partial charge < -0.3 is 5.32 Å². The molecule has 1 aromatic rings. The van der Waals surface area contributed by atoms with Crippen LogP contribution in [0.4, 0.5) is 10.7 Å². The van der Waals surface area contributed by atoms with Crippen LogP contribution in [0.3, 0.4) is 0 Å². The predicted octanol–water partition coefficient (Wildman–Crippen LogP) is 2.37. The molecule has 19 heavy (non-hydrogen) atoms. The van der Waals surface area contributed by atoms with E-state index in [1.807, 2.05) is 6.26 Å². The average Bonchev–Trinajstić information content (AvgIpc) is 2.95. The topological polar surface area (TPSA) is 89.3 Å². The van der Waals surface area contributed by atoms with Crippen molar-refractivity contribution in [1.82, 2.24) is 0 Å². The van der Waals surface area contributed by atoms with Crippen LogP contribution in [0.15, 0.2) is 10.3 Å². The summed E-state index contributed by atoms with van der Waals surface area (Å²) in [5.41, 5.74) is -0.165. The van der Waals surface area contributed by atoms with E-state index in [0.717, 1.165) is 36.5 Å². The lowest BCUT2D eigenvalue weighted by Gasteiger charge is -2.12. The van der Waals surface area contributed by atoms with Crippen LogP contribution in [-0.4, -0.2) is 37.1 Å². The average molecular weight is 322 g/mol. The summed E-state index contributed by atoms with van der Waals surface area (Å²) in [6.07, 6.45) is 5.23. The summed E-state index contributed by atoms with van der Waals surface area (Å²) >= 11 is 2.66. The quantitative estimate of drug-likeness (QED) is 0.639. The molecule has 0 saturated heterocycles. The lowest BCUT2D eigenvalue weighted by molar-refractivity contribution is -0.383. The van der Waals surface area contributed by atoms with Crippen LogP contribution in [0.2, 0.25) is 0 Å². The number of sulfone groups is 1. The second-order valence-electron chi connectivity index (χ2n) is 4.55. The standard InChI is InChI=1S/C10H14N2O4S3/c1-17-10(3-4-10)6-11-9-7(12(13)14)5-8(18-9)19(2,15)16/h5,11H,3-4,6H2,1-2H3. The number of hydrogen-bond donors (Lipinski definition) is 1. The highest BCUT2D eigenvalue weighted by atomic mass is 32.2. The number of hydrogen-bond acceptors (Lipinski definition) is 7. The maximum absolute atomic E-state index is 11.4. The normalized spacial score (nSPS) is 17.2. The molecule has 1 aliphatic rings. The van der Waals surface area contributed by atoms with E-state index in [2.05, 4.69) is 5.32 Å². The summed E-state index contributed by atoms with van der Waals surface area (Å²) in [5.74, 6) is 0. The van der Waals surface area contributed by atoms with Gasteiger partial charge in [-0.15, -0.1) is 0 Å². The predicted molar refractivity (Wildman–Crippen MR) is 78.1 cm³/mol. The van der Waals surface area contributed by atoms with E-state index >= 15 is 0 Å². The van der Waals surface area contributed by atoms with Gasteiger partial charge in [-0.2, -0.15) is 11.8 Å². The third kappa shape index (κ3) is 3.21. The zero-order valence-corrected chi connectivity index (χ0v) is 13.0. The molecule has 0 amide bonds. The molecule has 106 valence electrons. The zero-order chi connectivity index (χ0) is 14.3. The molecule has 1 fully saturated rings. The van der Waals surface area contributed by atoms with Crippen molar-refractivity contribution >= 4 is 43.6 Å². The number of anilines is 1. The van der Waals surface area contributed by atoms with Crippen LogP contribution >= 0.6 is 23.1 Å². The monoisotopic (exact) mass is 322 g/mol. The number of nitro groups is 1. The molecule has 6 nitrogen and oxygen atoms in total. The van der Waals surface area contributed by atoms with Crippen LogP contribution in [-0.2, 0) is 9.84 Å². The first-order valence-corrected chi connectivity index (χ1v) is 9.48. The smallest absolute Gasteiger partial charge is 0.304 e. The van der Waals surface area contributed by atoms with E-state index in [-0.39, 0.29) is 14.6 Å². The molecule has 1 saturated carbocycles. The van der Waals surface area contributed by atoms with Crippen molar-refractivity contribution in [2.75, 3.05) is 24.4 Å². The fraction of sp³-hybridized carbons (Fsp3) is 0.600. The molecular formula is C10H14N2O4S3. The lowest BCUT2D eigenvalue weighted by atomic mass is 10.4. The van der Waals surface area contributed by atoms with E-state index in [1.165, 1.54) is 0 Å². The second-order valence-corrected chi connectivity index (χ2v) is 9.12. The highest BCUT2D eigenvalue weighted by Crippen LogP contribution is 2.48. The summed E-state index contributed by atoms with van der Waals surface area (Å²) in [5, 5.41) is 14.3. The van der Waals surface area contributed by atoms with Crippen LogP contribution in [0.1, 0.15) is 12.8 Å². The van der Waals surface area contributed by atoms with Crippen molar-refractivity contribution < 1.29 is 13.3 Å². The number of nitrogens with zero attached hydrogens (tertiary/aromatic N) is 1. The van der Waals surface area contributed by atoms with Gasteiger partial charge >= 0.3 is 5.69 Å². The van der Waals surface area contributed by atoms with Gasteiger partial charge in [0.2, 0.25) is 0 Å². The first-order valence-electron chi connectivity index (χ1n) is 5.55. The minimum Gasteiger partial charge on any atom is -0.370 e. The van der Waals surface area contributed by atoms with Gasteiger partial charge in [-0.1, -0.05) is 11.3 Å². The van der Waals surface area contributed by atoms with Crippen molar-refractivity contribution in [1.29, 1.82) is 0 Å². The maximum Gasteiger partial charge on any atom is 0.304 e. The minimum atomic E-state index is -3.41. The first-order chi connectivity index (χ1) is 8.77. The molecule has 0 aromatic carbocycles. The van der Waals surface area contributed by atoms with Crippen LogP contribution in [0.5, 0.6) is 0 Å². The van der Waals surface area contributed by atoms with Crippen molar-refractivity contribution in [3.8, 4) is 0 Å². The molecule has 0 spiro atoms. The van der Waals surface area contributed by atoms with Crippen molar-refractivity contribution in [3.63, 3.8) is 0 Å². The molecule has 0 radical (unpaired) electrons. The highest BCUT2D eigenvalue weighted by Gasteiger charge is 2.42. The SMILES string of the molecule is CSC1(CNc2sc(S(C)(=O)=O)cc2[N+](=O)[O-])CC1. The van der Waals surface area contributed by atoms with E-state index in [4.69, 9.17) is 0 Å². The van der Waals surface area contributed by atoms with Gasteiger partial charge in [0.15, 0.2) is 14.8 Å². The zero-order valence-electron chi connectivity index (χ0n) is 10.5. The summed E-state index contributed by atoms with van der Waals surface area (Å²) in [4.78, 5) is 10.4. The maximum atomic E-state index is 11.4. The van der Waals surface area contributed by atoms with Gasteiger partial charge in [-0.3, -0.25) is 10.1 Å². The molecule has 1 aromatic heterocycles. The fourth-order valence-corrected chi connectivity index (χ4v) is 4.30. The third-order valence-corrected chi connectivity index (χ3v) is 7.37. The summed E-state index contributed by atoms with van der Waals surface area (Å²) in [7, 11) is -3.41. The summed E-state index contributed by atoms with van der Waals surface area (Å²) in [6.45, 7) is 0.624. The van der Waals surface area contributed by atoms with E-state index in [9.17, 15) is 18.5 Å².